The Labute approximate surface area is 127 Å². The van der Waals surface area contributed by atoms with E-state index in [2.05, 4.69) is 15.8 Å². The van der Waals surface area contributed by atoms with Gasteiger partial charge in [-0.2, -0.15) is 11.8 Å². The first-order valence-corrected chi connectivity index (χ1v) is 8.61. The normalized spacial score (nSPS) is 16.8. The van der Waals surface area contributed by atoms with Crippen LogP contribution >= 0.6 is 23.4 Å². The van der Waals surface area contributed by atoms with E-state index in [4.69, 9.17) is 11.6 Å². The fourth-order valence-corrected chi connectivity index (χ4v) is 3.54. The van der Waals surface area contributed by atoms with Crippen molar-refractivity contribution in [2.24, 2.45) is 0 Å². The van der Waals surface area contributed by atoms with Gasteiger partial charge in [-0.15, -0.1) is 11.6 Å². The third kappa shape index (κ3) is 2.44. The average molecular weight is 313 g/mol. The van der Waals surface area contributed by atoms with Gasteiger partial charge in [-0.25, -0.2) is 9.37 Å². The quantitative estimate of drug-likeness (QED) is 0.772. The number of alkyl halides is 1. The van der Waals surface area contributed by atoms with E-state index in [0.29, 0.717) is 16.2 Å². The van der Waals surface area contributed by atoms with Crippen LogP contribution in [0.25, 0.3) is 11.0 Å². The van der Waals surface area contributed by atoms with Gasteiger partial charge in [-0.05, 0) is 37.7 Å². The largest absolute Gasteiger partial charge is 0.327 e. The molecule has 0 bridgehead atoms. The van der Waals surface area contributed by atoms with Crippen LogP contribution in [0.5, 0.6) is 0 Å². The summed E-state index contributed by atoms with van der Waals surface area (Å²) < 4.78 is 16.3. The van der Waals surface area contributed by atoms with Gasteiger partial charge in [0.1, 0.15) is 11.6 Å². The highest BCUT2D eigenvalue weighted by atomic mass is 35.5. The van der Waals surface area contributed by atoms with Gasteiger partial charge in [0, 0.05) is 29.7 Å². The minimum atomic E-state index is -0.189. The Balaban J connectivity index is 2.10. The molecule has 3 rings (SSSR count). The summed E-state index contributed by atoms with van der Waals surface area (Å²) in [6.07, 6.45) is 5.38. The van der Waals surface area contributed by atoms with E-state index in [9.17, 15) is 4.39 Å². The van der Waals surface area contributed by atoms with Crippen molar-refractivity contribution in [3.05, 3.63) is 29.3 Å². The Kier molecular flexibility index (Phi) is 3.71. The molecule has 5 heteroatoms. The number of imidazole rings is 1. The standard InChI is InChI=1S/C15H18ClFN2S/c1-10-7-13-12(8-11(10)17)18-14(3-6-16)19(13)9-15(20-2)4-5-15/h7-8H,3-6,9H2,1-2H3. The smallest absolute Gasteiger partial charge is 0.128 e. The van der Waals surface area contributed by atoms with Crippen LogP contribution in [0.2, 0.25) is 0 Å². The molecule has 0 spiro atoms. The van der Waals surface area contributed by atoms with E-state index in [1.165, 1.54) is 18.9 Å². The summed E-state index contributed by atoms with van der Waals surface area (Å²) in [7, 11) is 0. The first kappa shape index (κ1) is 14.2. The molecule has 2 nitrogen and oxygen atoms in total. The molecule has 2 aromatic rings. The van der Waals surface area contributed by atoms with Crippen LogP contribution in [0.4, 0.5) is 4.39 Å². The van der Waals surface area contributed by atoms with Gasteiger partial charge >= 0.3 is 0 Å². The molecule has 1 aliphatic carbocycles. The van der Waals surface area contributed by atoms with Crippen molar-refractivity contribution >= 4 is 34.4 Å². The number of halogens is 2. The summed E-state index contributed by atoms with van der Waals surface area (Å²) in [4.78, 5) is 4.58. The molecule has 1 aliphatic rings. The van der Waals surface area contributed by atoms with Crippen molar-refractivity contribution < 1.29 is 4.39 Å². The Morgan fingerprint density at radius 3 is 2.80 bits per heavy atom. The van der Waals surface area contributed by atoms with Crippen molar-refractivity contribution in [3.63, 3.8) is 0 Å². The zero-order valence-electron chi connectivity index (χ0n) is 11.7. The van der Waals surface area contributed by atoms with Gasteiger partial charge in [-0.3, -0.25) is 0 Å². The number of fused-ring (bicyclic) bond motifs is 1. The van der Waals surface area contributed by atoms with Crippen LogP contribution in [0.15, 0.2) is 12.1 Å². The van der Waals surface area contributed by atoms with Crippen LogP contribution in [0.3, 0.4) is 0 Å². The maximum atomic E-state index is 13.7. The van der Waals surface area contributed by atoms with E-state index in [-0.39, 0.29) is 5.82 Å². The van der Waals surface area contributed by atoms with Crippen molar-refractivity contribution in [2.45, 2.75) is 37.5 Å². The minimum Gasteiger partial charge on any atom is -0.327 e. The Morgan fingerprint density at radius 1 is 1.45 bits per heavy atom. The number of aryl methyl sites for hydroxylation is 2. The molecule has 0 aliphatic heterocycles. The van der Waals surface area contributed by atoms with Gasteiger partial charge in [0.2, 0.25) is 0 Å². The topological polar surface area (TPSA) is 17.8 Å². The van der Waals surface area contributed by atoms with Gasteiger partial charge in [-0.1, -0.05) is 0 Å². The van der Waals surface area contributed by atoms with Crippen LogP contribution in [0.1, 0.15) is 24.2 Å². The first-order valence-electron chi connectivity index (χ1n) is 6.85. The molecule has 0 N–H and O–H groups in total. The molecule has 0 unspecified atom stereocenters. The molecule has 20 heavy (non-hydrogen) atoms. The SMILES string of the molecule is CSC1(Cn2c(CCCl)nc3cc(F)c(C)cc32)CC1. The maximum Gasteiger partial charge on any atom is 0.128 e. The zero-order valence-corrected chi connectivity index (χ0v) is 13.3. The second kappa shape index (κ2) is 5.23. The Hall–Kier alpha value is -0.740. The van der Waals surface area contributed by atoms with Crippen LogP contribution < -0.4 is 0 Å². The lowest BCUT2D eigenvalue weighted by molar-refractivity contribution is 0.619. The monoisotopic (exact) mass is 312 g/mol. The van der Waals surface area contributed by atoms with Crippen molar-refractivity contribution in [1.29, 1.82) is 0 Å². The molecule has 1 saturated carbocycles. The van der Waals surface area contributed by atoms with Gasteiger partial charge < -0.3 is 4.57 Å². The predicted molar refractivity (Wildman–Crippen MR) is 84.3 cm³/mol. The molecule has 1 aromatic carbocycles. The third-order valence-electron chi connectivity index (χ3n) is 4.11. The van der Waals surface area contributed by atoms with E-state index in [0.717, 1.165) is 29.8 Å². The zero-order chi connectivity index (χ0) is 14.3. The molecule has 1 fully saturated rings. The van der Waals surface area contributed by atoms with Crippen LogP contribution in [0, 0.1) is 12.7 Å². The van der Waals surface area contributed by atoms with Crippen LogP contribution in [-0.4, -0.2) is 26.4 Å². The van der Waals surface area contributed by atoms with Crippen molar-refractivity contribution in [1.82, 2.24) is 9.55 Å². The van der Waals surface area contributed by atoms with E-state index < -0.39 is 0 Å². The van der Waals surface area contributed by atoms with E-state index >= 15 is 0 Å². The number of hydrogen-bond acceptors (Lipinski definition) is 2. The second-order valence-electron chi connectivity index (χ2n) is 5.53. The molecule has 108 valence electrons. The number of nitrogens with zero attached hydrogens (tertiary/aromatic N) is 2. The summed E-state index contributed by atoms with van der Waals surface area (Å²) in [6, 6.07) is 3.45. The fourth-order valence-electron chi connectivity index (χ4n) is 2.61. The summed E-state index contributed by atoms with van der Waals surface area (Å²) in [6.45, 7) is 2.75. The molecule has 0 atom stereocenters. The molecule has 1 heterocycles. The number of rotatable bonds is 5. The van der Waals surface area contributed by atoms with Gasteiger partial charge in [0.15, 0.2) is 0 Å². The number of benzene rings is 1. The number of hydrogen-bond donors (Lipinski definition) is 0. The van der Waals surface area contributed by atoms with Crippen LogP contribution in [-0.2, 0) is 13.0 Å². The lowest BCUT2D eigenvalue weighted by Crippen LogP contribution is -2.16. The molecule has 0 saturated heterocycles. The molecular weight excluding hydrogens is 295 g/mol. The second-order valence-corrected chi connectivity index (χ2v) is 7.18. The molecule has 0 amide bonds. The molecule has 0 radical (unpaired) electrons. The maximum absolute atomic E-state index is 13.7. The summed E-state index contributed by atoms with van der Waals surface area (Å²) in [5.41, 5.74) is 2.44. The van der Waals surface area contributed by atoms with Gasteiger partial charge in [0.05, 0.1) is 11.0 Å². The number of aromatic nitrogens is 2. The summed E-state index contributed by atoms with van der Waals surface area (Å²) in [5.74, 6) is 1.32. The third-order valence-corrected chi connectivity index (χ3v) is 5.71. The molecular formula is C15H18ClFN2S. The highest BCUT2D eigenvalue weighted by Gasteiger charge is 2.42. The highest BCUT2D eigenvalue weighted by Crippen LogP contribution is 2.49. The summed E-state index contributed by atoms with van der Waals surface area (Å²) in [5, 5.41) is 0. The predicted octanol–water partition coefficient (Wildman–Crippen LogP) is 4.16. The average Bonchev–Trinajstić information content (AvgIpc) is 3.13. The van der Waals surface area contributed by atoms with Crippen molar-refractivity contribution in [3.8, 4) is 0 Å². The fraction of sp³-hybridized carbons (Fsp3) is 0.533. The first-order chi connectivity index (χ1) is 9.58. The Morgan fingerprint density at radius 2 is 2.20 bits per heavy atom. The van der Waals surface area contributed by atoms with Gasteiger partial charge in [0.25, 0.3) is 0 Å². The Bertz CT molecular complexity index is 649. The highest BCUT2D eigenvalue weighted by molar-refractivity contribution is 8.00. The minimum absolute atomic E-state index is 0.189. The van der Waals surface area contributed by atoms with E-state index in [1.54, 1.807) is 6.92 Å². The lowest BCUT2D eigenvalue weighted by Gasteiger charge is -2.16. The summed E-state index contributed by atoms with van der Waals surface area (Å²) >= 11 is 7.81. The van der Waals surface area contributed by atoms with E-state index in [1.807, 2.05) is 17.8 Å². The molecule has 1 aromatic heterocycles. The number of thioether (sulfide) groups is 1. The lowest BCUT2D eigenvalue weighted by atomic mass is 10.2. The van der Waals surface area contributed by atoms with Crippen molar-refractivity contribution in [2.75, 3.05) is 12.1 Å².